The zero-order valence-electron chi connectivity index (χ0n) is 34.0. The van der Waals surface area contributed by atoms with Gasteiger partial charge in [0.1, 0.15) is 0 Å². The molecule has 0 aromatic heterocycles. The SMILES string of the molecule is c1ccc(-c2ccccc2N(c2ccc(-c3cccc4c5ccccc5c5ccccc5c34)cc2)c2cccc3c2-c2ccccc2C32c3ccccc3-c3ccccc32)cc1. The largest absolute Gasteiger partial charge is 0.309 e. The van der Waals surface area contributed by atoms with Crippen LogP contribution in [-0.4, -0.2) is 0 Å². The van der Waals surface area contributed by atoms with E-state index >= 15 is 0 Å². The standard InChI is InChI=1S/C61H39N/c1-2-18-40(19-3-1)43-20-11-15-34-57(43)62(42-38-36-41(37-39-42)44-28-16-29-51-47-22-5-4-21-45(47)46-23-6-7-26-50(46)59(44)51)58-35-17-33-56-60(58)52-27-10-14-32-55(52)61(56)53-30-12-8-24-48(53)49-25-9-13-31-54(49)61/h1-39H. The summed E-state index contributed by atoms with van der Waals surface area (Å²) in [6, 6.07) is 87.8. The maximum absolute atomic E-state index is 2.51. The van der Waals surface area contributed by atoms with Crippen molar-refractivity contribution < 1.29 is 0 Å². The second-order valence-electron chi connectivity index (χ2n) is 16.7. The lowest BCUT2D eigenvalue weighted by Gasteiger charge is -2.32. The molecule has 0 aliphatic heterocycles. The number of benzene rings is 11. The first-order valence-corrected chi connectivity index (χ1v) is 21.6. The van der Waals surface area contributed by atoms with Gasteiger partial charge >= 0.3 is 0 Å². The molecule has 62 heavy (non-hydrogen) atoms. The van der Waals surface area contributed by atoms with E-state index in [9.17, 15) is 0 Å². The molecule has 11 aromatic rings. The van der Waals surface area contributed by atoms with Crippen molar-refractivity contribution in [2.75, 3.05) is 4.90 Å². The highest BCUT2D eigenvalue weighted by molar-refractivity contribution is 6.28. The van der Waals surface area contributed by atoms with E-state index in [0.29, 0.717) is 0 Å². The molecule has 13 rings (SSSR count). The van der Waals surface area contributed by atoms with E-state index < -0.39 is 5.41 Å². The molecule has 288 valence electrons. The maximum Gasteiger partial charge on any atom is 0.0726 e. The van der Waals surface area contributed by atoms with E-state index in [1.807, 2.05) is 0 Å². The highest BCUT2D eigenvalue weighted by Crippen LogP contribution is 2.64. The van der Waals surface area contributed by atoms with Crippen LogP contribution in [0.15, 0.2) is 237 Å². The van der Waals surface area contributed by atoms with E-state index in [1.54, 1.807) is 0 Å². The van der Waals surface area contributed by atoms with Gasteiger partial charge in [-0.3, -0.25) is 0 Å². The molecule has 11 aromatic carbocycles. The van der Waals surface area contributed by atoms with Crippen molar-refractivity contribution in [2.45, 2.75) is 5.41 Å². The number of para-hydroxylation sites is 1. The van der Waals surface area contributed by atoms with Gasteiger partial charge in [-0.05, 0) is 112 Å². The van der Waals surface area contributed by atoms with Crippen molar-refractivity contribution in [1.82, 2.24) is 0 Å². The molecule has 2 aliphatic carbocycles. The van der Waals surface area contributed by atoms with Crippen molar-refractivity contribution in [3.8, 4) is 44.5 Å². The number of hydrogen-bond acceptors (Lipinski definition) is 1. The Balaban J connectivity index is 1.06. The molecule has 1 heteroatoms. The summed E-state index contributed by atoms with van der Waals surface area (Å²) in [5.74, 6) is 0. The van der Waals surface area contributed by atoms with Crippen molar-refractivity contribution in [3.05, 3.63) is 259 Å². The van der Waals surface area contributed by atoms with Crippen LogP contribution >= 0.6 is 0 Å². The molecule has 0 unspecified atom stereocenters. The van der Waals surface area contributed by atoms with Crippen molar-refractivity contribution in [1.29, 1.82) is 0 Å². The van der Waals surface area contributed by atoms with Gasteiger partial charge < -0.3 is 4.90 Å². The lowest BCUT2D eigenvalue weighted by atomic mass is 9.70. The molecule has 0 saturated heterocycles. The first kappa shape index (κ1) is 34.8. The van der Waals surface area contributed by atoms with Crippen LogP contribution in [0.1, 0.15) is 22.3 Å². The molecule has 0 N–H and O–H groups in total. The molecule has 0 radical (unpaired) electrons. The highest BCUT2D eigenvalue weighted by atomic mass is 15.1. The molecule has 0 amide bonds. The van der Waals surface area contributed by atoms with Gasteiger partial charge in [-0.1, -0.05) is 212 Å². The average Bonchev–Trinajstić information content (AvgIpc) is 3.83. The van der Waals surface area contributed by atoms with Gasteiger partial charge in [0.05, 0.1) is 16.8 Å². The molecule has 1 nitrogen and oxygen atoms in total. The minimum absolute atomic E-state index is 0.440. The monoisotopic (exact) mass is 785 g/mol. The Bertz CT molecular complexity index is 3490. The van der Waals surface area contributed by atoms with Crippen LogP contribution in [-0.2, 0) is 5.41 Å². The number of hydrogen-bond donors (Lipinski definition) is 0. The van der Waals surface area contributed by atoms with Gasteiger partial charge in [-0.15, -0.1) is 0 Å². The summed E-state index contributed by atoms with van der Waals surface area (Å²) in [6.07, 6.45) is 0. The minimum atomic E-state index is -0.440. The summed E-state index contributed by atoms with van der Waals surface area (Å²) in [5, 5.41) is 7.71. The highest BCUT2D eigenvalue weighted by Gasteiger charge is 2.52. The fourth-order valence-electron chi connectivity index (χ4n) is 11.2. The third kappa shape index (κ3) is 4.79. The van der Waals surface area contributed by atoms with Gasteiger partial charge in [-0.2, -0.15) is 0 Å². The number of nitrogens with zero attached hydrogens (tertiary/aromatic N) is 1. The van der Waals surface area contributed by atoms with E-state index in [4.69, 9.17) is 0 Å². The van der Waals surface area contributed by atoms with E-state index in [-0.39, 0.29) is 0 Å². The third-order valence-electron chi connectivity index (χ3n) is 13.7. The first-order valence-electron chi connectivity index (χ1n) is 21.6. The Morgan fingerprint density at radius 1 is 0.258 bits per heavy atom. The average molecular weight is 786 g/mol. The topological polar surface area (TPSA) is 3.24 Å². The molecular formula is C61H39N. The number of fused-ring (bicyclic) bond motifs is 16. The van der Waals surface area contributed by atoms with E-state index in [0.717, 1.165) is 17.1 Å². The Morgan fingerprint density at radius 2 is 0.677 bits per heavy atom. The van der Waals surface area contributed by atoms with E-state index in [2.05, 4.69) is 241 Å². The minimum Gasteiger partial charge on any atom is -0.309 e. The van der Waals surface area contributed by atoms with Gasteiger partial charge in [0.25, 0.3) is 0 Å². The Kier molecular flexibility index (Phi) is 7.59. The second kappa shape index (κ2) is 13.5. The van der Waals surface area contributed by atoms with Crippen LogP contribution in [0.2, 0.25) is 0 Å². The first-order chi connectivity index (χ1) is 30.8. The molecule has 0 heterocycles. The Morgan fingerprint density at radius 3 is 1.34 bits per heavy atom. The summed E-state index contributed by atoms with van der Waals surface area (Å²) in [6.45, 7) is 0. The van der Waals surface area contributed by atoms with Crippen LogP contribution in [0.3, 0.4) is 0 Å². The normalized spacial score (nSPS) is 13.0. The number of anilines is 3. The summed E-state index contributed by atoms with van der Waals surface area (Å²) >= 11 is 0. The zero-order chi connectivity index (χ0) is 40.8. The maximum atomic E-state index is 2.51. The predicted molar refractivity (Wildman–Crippen MR) is 261 cm³/mol. The third-order valence-corrected chi connectivity index (χ3v) is 13.7. The zero-order valence-corrected chi connectivity index (χ0v) is 34.0. The van der Waals surface area contributed by atoms with E-state index in [1.165, 1.54) is 99.1 Å². The van der Waals surface area contributed by atoms with Crippen molar-refractivity contribution in [3.63, 3.8) is 0 Å². The molecule has 0 atom stereocenters. The lowest BCUT2D eigenvalue weighted by Crippen LogP contribution is -2.26. The van der Waals surface area contributed by atoms with Crippen molar-refractivity contribution in [2.24, 2.45) is 0 Å². The van der Waals surface area contributed by atoms with Gasteiger partial charge in [0, 0.05) is 16.8 Å². The summed E-state index contributed by atoms with van der Waals surface area (Å²) < 4.78 is 0. The smallest absolute Gasteiger partial charge is 0.0726 e. The van der Waals surface area contributed by atoms with Crippen LogP contribution in [0.5, 0.6) is 0 Å². The van der Waals surface area contributed by atoms with Crippen molar-refractivity contribution >= 4 is 49.4 Å². The fraction of sp³-hybridized carbons (Fsp3) is 0.0164. The second-order valence-corrected chi connectivity index (χ2v) is 16.7. The molecule has 2 aliphatic rings. The molecular weight excluding hydrogens is 747 g/mol. The number of rotatable bonds is 5. The molecule has 0 fully saturated rings. The van der Waals surface area contributed by atoms with Gasteiger partial charge in [-0.25, -0.2) is 0 Å². The lowest BCUT2D eigenvalue weighted by molar-refractivity contribution is 0.794. The molecule has 0 bridgehead atoms. The van der Waals surface area contributed by atoms with Gasteiger partial charge in [0.15, 0.2) is 0 Å². The molecule has 0 saturated carbocycles. The van der Waals surface area contributed by atoms with Crippen LogP contribution < -0.4 is 4.90 Å². The van der Waals surface area contributed by atoms with Gasteiger partial charge in [0.2, 0.25) is 0 Å². The fourth-order valence-corrected chi connectivity index (χ4v) is 11.2. The molecule has 1 spiro atoms. The summed E-state index contributed by atoms with van der Waals surface area (Å²) in [5.41, 5.74) is 18.3. The predicted octanol–water partition coefficient (Wildman–Crippen LogP) is 16.3. The van der Waals surface area contributed by atoms with Crippen LogP contribution in [0, 0.1) is 0 Å². The summed E-state index contributed by atoms with van der Waals surface area (Å²) in [4.78, 5) is 2.51. The van der Waals surface area contributed by atoms with Crippen LogP contribution in [0.4, 0.5) is 17.1 Å². The quantitative estimate of drug-likeness (QED) is 0.157. The Labute approximate surface area is 361 Å². The Hall–Kier alpha value is -8.00. The van der Waals surface area contributed by atoms with Crippen LogP contribution in [0.25, 0.3) is 76.8 Å². The summed E-state index contributed by atoms with van der Waals surface area (Å²) in [7, 11) is 0.